The van der Waals surface area contributed by atoms with Crippen molar-refractivity contribution in [3.05, 3.63) is 47.5 Å². The van der Waals surface area contributed by atoms with Crippen LogP contribution in [0.3, 0.4) is 0 Å². The first-order chi connectivity index (χ1) is 14.6. The molecule has 2 aromatic rings. The van der Waals surface area contributed by atoms with Gasteiger partial charge in [0, 0.05) is 5.69 Å². The van der Waals surface area contributed by atoms with Gasteiger partial charge in [-0.2, -0.15) is 0 Å². The van der Waals surface area contributed by atoms with Crippen molar-refractivity contribution < 1.29 is 28.5 Å². The second kappa shape index (κ2) is 10.2. The predicted molar refractivity (Wildman–Crippen MR) is 119 cm³/mol. The molecule has 0 spiro atoms. The molecule has 168 valence electrons. The average Bonchev–Trinajstić information content (AvgIpc) is 2.72. The molecule has 0 heterocycles. The molecule has 0 aliphatic rings. The summed E-state index contributed by atoms with van der Waals surface area (Å²) in [6, 6.07) is 11.0. The van der Waals surface area contributed by atoms with Crippen LogP contribution in [0.5, 0.6) is 17.2 Å². The van der Waals surface area contributed by atoms with Crippen molar-refractivity contribution in [2.75, 3.05) is 26.6 Å². The minimum atomic E-state index is -0.947. The summed E-state index contributed by atoms with van der Waals surface area (Å²) < 4.78 is 21.2. The summed E-state index contributed by atoms with van der Waals surface area (Å²) in [5.41, 5.74) is 2.45. The molecule has 2 rings (SSSR count). The summed E-state index contributed by atoms with van der Waals surface area (Å²) in [5.74, 6) is 0.373. The van der Waals surface area contributed by atoms with Crippen molar-refractivity contribution in [1.82, 2.24) is 0 Å². The fraction of sp³-hybridized carbons (Fsp3) is 0.417. The zero-order valence-corrected chi connectivity index (χ0v) is 19.2. The number of rotatable bonds is 8. The Morgan fingerprint density at radius 2 is 1.48 bits per heavy atom. The number of ether oxygens (including phenoxy) is 4. The molecular formula is C24H31NO6. The van der Waals surface area contributed by atoms with E-state index in [9.17, 15) is 9.59 Å². The third-order valence-corrected chi connectivity index (χ3v) is 4.77. The third kappa shape index (κ3) is 6.38. The lowest BCUT2D eigenvalue weighted by molar-refractivity contribution is -0.152. The summed E-state index contributed by atoms with van der Waals surface area (Å²) in [7, 11) is 4.50. The lowest BCUT2D eigenvalue weighted by Crippen LogP contribution is -2.30. The summed E-state index contributed by atoms with van der Waals surface area (Å²) in [5, 5.41) is 2.77. The van der Waals surface area contributed by atoms with Crippen molar-refractivity contribution in [3.8, 4) is 17.2 Å². The highest BCUT2D eigenvalue weighted by Gasteiger charge is 2.20. The Bertz CT molecular complexity index is 890. The van der Waals surface area contributed by atoms with Gasteiger partial charge in [0.05, 0.1) is 27.8 Å². The monoisotopic (exact) mass is 429 g/mol. The first-order valence-corrected chi connectivity index (χ1v) is 9.98. The van der Waals surface area contributed by atoms with E-state index < -0.39 is 18.0 Å². The minimum absolute atomic E-state index is 0.0260. The molecule has 0 radical (unpaired) electrons. The molecule has 0 aliphatic carbocycles. The van der Waals surface area contributed by atoms with Crippen LogP contribution in [0.25, 0.3) is 0 Å². The van der Waals surface area contributed by atoms with Gasteiger partial charge in [-0.15, -0.1) is 0 Å². The molecule has 0 saturated carbocycles. The SMILES string of the molecule is COc1cc(CC(=O)OC(C)C(=O)Nc2ccc(C(C)(C)C)cc2)cc(OC)c1OC. The molecule has 1 unspecified atom stereocenters. The smallest absolute Gasteiger partial charge is 0.311 e. The van der Waals surface area contributed by atoms with Crippen molar-refractivity contribution in [2.45, 2.75) is 45.6 Å². The van der Waals surface area contributed by atoms with Crippen molar-refractivity contribution >= 4 is 17.6 Å². The molecule has 0 aromatic heterocycles. The molecule has 0 fully saturated rings. The highest BCUT2D eigenvalue weighted by molar-refractivity contribution is 5.95. The lowest BCUT2D eigenvalue weighted by atomic mass is 9.87. The number of esters is 1. The molecule has 7 nitrogen and oxygen atoms in total. The van der Waals surface area contributed by atoms with Crippen LogP contribution >= 0.6 is 0 Å². The largest absolute Gasteiger partial charge is 0.493 e. The highest BCUT2D eigenvalue weighted by Crippen LogP contribution is 2.38. The molecule has 0 bridgehead atoms. The van der Waals surface area contributed by atoms with Gasteiger partial charge in [-0.25, -0.2) is 0 Å². The van der Waals surface area contributed by atoms with Gasteiger partial charge in [0.25, 0.3) is 5.91 Å². The quantitative estimate of drug-likeness (QED) is 0.636. The molecule has 31 heavy (non-hydrogen) atoms. The van der Waals surface area contributed by atoms with Gasteiger partial charge in [-0.3, -0.25) is 9.59 Å². The Labute approximate surface area is 183 Å². The number of amides is 1. The van der Waals surface area contributed by atoms with Gasteiger partial charge >= 0.3 is 5.97 Å². The van der Waals surface area contributed by atoms with Crippen LogP contribution < -0.4 is 19.5 Å². The number of nitrogens with one attached hydrogen (secondary N) is 1. The maximum atomic E-state index is 12.4. The number of anilines is 1. The number of carbonyl (C=O) groups excluding carboxylic acids is 2. The van der Waals surface area contributed by atoms with Gasteiger partial charge in [0.15, 0.2) is 17.6 Å². The van der Waals surface area contributed by atoms with Crippen LogP contribution in [-0.4, -0.2) is 39.3 Å². The van der Waals surface area contributed by atoms with Gasteiger partial charge in [-0.1, -0.05) is 32.9 Å². The fourth-order valence-corrected chi connectivity index (χ4v) is 2.99. The van der Waals surface area contributed by atoms with Crippen molar-refractivity contribution in [1.29, 1.82) is 0 Å². The summed E-state index contributed by atoms with van der Waals surface area (Å²) >= 11 is 0. The van der Waals surface area contributed by atoms with Crippen LogP contribution in [-0.2, 0) is 26.2 Å². The zero-order chi connectivity index (χ0) is 23.2. The molecule has 7 heteroatoms. The van der Waals surface area contributed by atoms with E-state index in [0.29, 0.717) is 28.5 Å². The predicted octanol–water partition coefficient (Wildman–Crippen LogP) is 4.12. The summed E-state index contributed by atoms with van der Waals surface area (Å²) in [6.07, 6.45) is -0.994. The molecule has 0 saturated heterocycles. The maximum Gasteiger partial charge on any atom is 0.311 e. The molecule has 1 N–H and O–H groups in total. The zero-order valence-electron chi connectivity index (χ0n) is 19.2. The topological polar surface area (TPSA) is 83.1 Å². The van der Waals surface area contributed by atoms with Gasteiger partial charge in [-0.05, 0) is 47.7 Å². The summed E-state index contributed by atoms with van der Waals surface area (Å²) in [6.45, 7) is 7.90. The number of carbonyl (C=O) groups is 2. The lowest BCUT2D eigenvalue weighted by Gasteiger charge is -2.19. The van der Waals surface area contributed by atoms with E-state index in [0.717, 1.165) is 5.56 Å². The second-order valence-electron chi connectivity index (χ2n) is 8.16. The second-order valence-corrected chi connectivity index (χ2v) is 8.16. The van der Waals surface area contributed by atoms with E-state index >= 15 is 0 Å². The molecule has 2 aromatic carbocycles. The van der Waals surface area contributed by atoms with E-state index in [-0.39, 0.29) is 11.8 Å². The Kier molecular flexibility index (Phi) is 7.91. The molecular weight excluding hydrogens is 398 g/mol. The number of benzene rings is 2. The van der Waals surface area contributed by atoms with Crippen LogP contribution in [0.1, 0.15) is 38.8 Å². The van der Waals surface area contributed by atoms with Crippen LogP contribution in [0.15, 0.2) is 36.4 Å². The van der Waals surface area contributed by atoms with Crippen molar-refractivity contribution in [2.24, 2.45) is 0 Å². The number of methoxy groups -OCH3 is 3. The van der Waals surface area contributed by atoms with Crippen LogP contribution in [0.2, 0.25) is 0 Å². The average molecular weight is 430 g/mol. The Morgan fingerprint density at radius 1 is 0.935 bits per heavy atom. The van der Waals surface area contributed by atoms with E-state index in [1.165, 1.54) is 28.3 Å². The molecule has 1 amide bonds. The van der Waals surface area contributed by atoms with E-state index in [1.807, 2.05) is 24.3 Å². The molecule has 1 atom stereocenters. The third-order valence-electron chi connectivity index (χ3n) is 4.77. The minimum Gasteiger partial charge on any atom is -0.493 e. The first-order valence-electron chi connectivity index (χ1n) is 9.98. The number of hydrogen-bond acceptors (Lipinski definition) is 6. The van der Waals surface area contributed by atoms with E-state index in [2.05, 4.69) is 26.1 Å². The normalized spacial score (nSPS) is 12.0. The Morgan fingerprint density at radius 3 is 1.94 bits per heavy atom. The van der Waals surface area contributed by atoms with E-state index in [1.54, 1.807) is 12.1 Å². The van der Waals surface area contributed by atoms with Crippen LogP contribution in [0, 0.1) is 0 Å². The van der Waals surface area contributed by atoms with Gasteiger partial charge in [0.1, 0.15) is 0 Å². The molecule has 0 aliphatic heterocycles. The van der Waals surface area contributed by atoms with Crippen molar-refractivity contribution in [3.63, 3.8) is 0 Å². The van der Waals surface area contributed by atoms with Gasteiger partial charge in [0.2, 0.25) is 5.75 Å². The summed E-state index contributed by atoms with van der Waals surface area (Å²) in [4.78, 5) is 24.8. The highest BCUT2D eigenvalue weighted by atomic mass is 16.5. The maximum absolute atomic E-state index is 12.4. The van der Waals surface area contributed by atoms with Gasteiger partial charge < -0.3 is 24.3 Å². The van der Waals surface area contributed by atoms with E-state index in [4.69, 9.17) is 18.9 Å². The Balaban J connectivity index is 2.00. The number of hydrogen-bond donors (Lipinski definition) is 1. The van der Waals surface area contributed by atoms with Crippen LogP contribution in [0.4, 0.5) is 5.69 Å². The Hall–Kier alpha value is -3.22. The fourth-order valence-electron chi connectivity index (χ4n) is 2.99. The first kappa shape index (κ1) is 24.1. The standard InChI is InChI=1S/C24H31NO6/c1-15(23(27)25-18-10-8-17(9-11-18)24(2,3)4)31-21(26)14-16-12-19(28-5)22(30-7)20(13-16)29-6/h8-13,15H,14H2,1-7H3,(H,25,27).